The van der Waals surface area contributed by atoms with Crippen molar-refractivity contribution in [3.05, 3.63) is 23.8 Å². The zero-order valence-electron chi connectivity index (χ0n) is 12.3. The lowest BCUT2D eigenvalue weighted by Gasteiger charge is -2.52. The van der Waals surface area contributed by atoms with Crippen molar-refractivity contribution in [3.8, 4) is 0 Å². The third-order valence-electron chi connectivity index (χ3n) is 4.50. The Balaban J connectivity index is 2.62. The van der Waals surface area contributed by atoms with Crippen molar-refractivity contribution in [3.63, 3.8) is 0 Å². The van der Waals surface area contributed by atoms with E-state index in [2.05, 4.69) is 0 Å². The van der Waals surface area contributed by atoms with E-state index in [0.29, 0.717) is 32.6 Å². The molecule has 1 saturated heterocycles. The highest BCUT2D eigenvalue weighted by atomic mass is 32.2. The fraction of sp³-hybridized carbons (Fsp3) is 0.643. The van der Waals surface area contributed by atoms with Gasteiger partial charge >= 0.3 is 0 Å². The number of aldehydes is 1. The zero-order valence-corrected chi connectivity index (χ0v) is 13.1. The smallest absolute Gasteiger partial charge is 0.276 e. The molecule has 2 rings (SSSR count). The van der Waals surface area contributed by atoms with Gasteiger partial charge in [-0.05, 0) is 13.8 Å². The van der Waals surface area contributed by atoms with Crippen LogP contribution in [0.15, 0.2) is 23.8 Å². The number of nitrogens with zero attached hydrogens (tertiary/aromatic N) is 1. The largest absolute Gasteiger partial charge is 0.379 e. The topological polar surface area (TPSA) is 83.9 Å². The van der Waals surface area contributed by atoms with Gasteiger partial charge in [-0.2, -0.15) is 8.42 Å². The van der Waals surface area contributed by atoms with E-state index >= 15 is 0 Å². The first kappa shape index (κ1) is 16.4. The Morgan fingerprint density at radius 3 is 2.57 bits per heavy atom. The maximum Gasteiger partial charge on any atom is 0.276 e. The average Bonchev–Trinajstić information content (AvgIpc) is 2.43. The fourth-order valence-electron chi connectivity index (χ4n) is 3.20. The predicted octanol–water partition coefficient (Wildman–Crippen LogP) is 0.809. The third-order valence-corrected chi connectivity index (χ3v) is 6.06. The molecule has 1 heterocycles. The maximum atomic E-state index is 12.0. The monoisotopic (exact) mass is 315 g/mol. The summed E-state index contributed by atoms with van der Waals surface area (Å²) in [5.74, 6) is 0. The van der Waals surface area contributed by atoms with E-state index in [4.69, 9.17) is 4.74 Å². The molecule has 0 aromatic heterocycles. The van der Waals surface area contributed by atoms with E-state index < -0.39 is 20.4 Å². The standard InChI is InChI=1S/C14H21NO5S/c1-12-3-4-13(2,21(17,18)19)14(11-12,5-8-16)15-6-9-20-10-7-15/h3-4,8,11H,5-7,9-10H2,1-2H3,(H,17,18,19)/t13-,14?/m1/s1. The number of allylic oxidation sites excluding steroid dienone is 2. The molecule has 1 aliphatic carbocycles. The molecule has 2 atom stereocenters. The van der Waals surface area contributed by atoms with Crippen LogP contribution in [0, 0.1) is 0 Å². The van der Waals surface area contributed by atoms with Crippen molar-refractivity contribution in [1.29, 1.82) is 0 Å². The van der Waals surface area contributed by atoms with Crippen LogP contribution in [0.1, 0.15) is 20.3 Å². The predicted molar refractivity (Wildman–Crippen MR) is 78.7 cm³/mol. The Hall–Kier alpha value is -1.02. The van der Waals surface area contributed by atoms with Crippen LogP contribution in [-0.4, -0.2) is 60.7 Å². The number of carbonyl (C=O) groups is 1. The van der Waals surface area contributed by atoms with E-state index in [1.165, 1.54) is 13.0 Å². The zero-order chi connectivity index (χ0) is 15.7. The lowest BCUT2D eigenvalue weighted by Crippen LogP contribution is -2.67. The number of hydrogen-bond acceptors (Lipinski definition) is 5. The fourth-order valence-corrected chi connectivity index (χ4v) is 4.16. The molecular formula is C14H21NO5S. The summed E-state index contributed by atoms with van der Waals surface area (Å²) in [5, 5.41) is 0. The Labute approximate surface area is 125 Å². The molecule has 21 heavy (non-hydrogen) atoms. The van der Waals surface area contributed by atoms with Crippen molar-refractivity contribution in [2.45, 2.75) is 30.6 Å². The van der Waals surface area contributed by atoms with Crippen LogP contribution < -0.4 is 0 Å². The van der Waals surface area contributed by atoms with Crippen LogP contribution in [0.2, 0.25) is 0 Å². The lowest BCUT2D eigenvalue weighted by molar-refractivity contribution is -0.111. The second-order valence-electron chi connectivity index (χ2n) is 5.70. The summed E-state index contributed by atoms with van der Waals surface area (Å²) in [7, 11) is -4.40. The minimum Gasteiger partial charge on any atom is -0.379 e. The summed E-state index contributed by atoms with van der Waals surface area (Å²) in [6.45, 7) is 5.27. The van der Waals surface area contributed by atoms with Crippen molar-refractivity contribution in [2.24, 2.45) is 0 Å². The first-order valence-corrected chi connectivity index (χ1v) is 8.33. The van der Waals surface area contributed by atoms with Gasteiger partial charge in [0.2, 0.25) is 0 Å². The molecular weight excluding hydrogens is 294 g/mol. The van der Waals surface area contributed by atoms with E-state index in [1.807, 2.05) is 11.8 Å². The summed E-state index contributed by atoms with van der Waals surface area (Å²) < 4.78 is 37.6. The molecule has 6 nitrogen and oxygen atoms in total. The molecule has 1 aliphatic heterocycles. The summed E-state index contributed by atoms with van der Waals surface area (Å²) in [4.78, 5) is 13.2. The Bertz CT molecular complexity index is 576. The number of hydrogen-bond donors (Lipinski definition) is 1. The molecule has 0 bridgehead atoms. The van der Waals surface area contributed by atoms with Gasteiger partial charge in [-0.15, -0.1) is 0 Å². The van der Waals surface area contributed by atoms with Crippen LogP contribution in [0.4, 0.5) is 0 Å². The summed E-state index contributed by atoms with van der Waals surface area (Å²) in [6, 6.07) is 0. The van der Waals surface area contributed by atoms with Gasteiger partial charge in [0.05, 0.1) is 18.8 Å². The van der Waals surface area contributed by atoms with Gasteiger partial charge < -0.3 is 9.53 Å². The van der Waals surface area contributed by atoms with E-state index in [-0.39, 0.29) is 6.42 Å². The average molecular weight is 315 g/mol. The SMILES string of the molecule is CC1=CC(CC=O)(N2CCOCC2)[C@](C)(S(=O)(=O)O)C=C1. The molecule has 0 amide bonds. The van der Waals surface area contributed by atoms with Crippen LogP contribution in [-0.2, 0) is 19.6 Å². The second-order valence-corrected chi connectivity index (χ2v) is 7.50. The van der Waals surface area contributed by atoms with Gasteiger partial charge in [0.1, 0.15) is 11.0 Å². The van der Waals surface area contributed by atoms with E-state index in [1.54, 1.807) is 12.2 Å². The van der Waals surface area contributed by atoms with Crippen molar-refractivity contribution >= 4 is 16.4 Å². The van der Waals surface area contributed by atoms with E-state index in [9.17, 15) is 17.8 Å². The van der Waals surface area contributed by atoms with Gasteiger partial charge in [0.15, 0.2) is 0 Å². The molecule has 0 spiro atoms. The van der Waals surface area contributed by atoms with Gasteiger partial charge in [0.25, 0.3) is 10.1 Å². The number of carbonyl (C=O) groups excluding carboxylic acids is 1. The maximum absolute atomic E-state index is 12.0. The van der Waals surface area contributed by atoms with E-state index in [0.717, 1.165) is 5.57 Å². The number of ether oxygens (including phenoxy) is 1. The van der Waals surface area contributed by atoms with Crippen LogP contribution in [0.3, 0.4) is 0 Å². The highest BCUT2D eigenvalue weighted by Gasteiger charge is 2.57. The molecule has 7 heteroatoms. The van der Waals surface area contributed by atoms with Crippen LogP contribution in [0.5, 0.6) is 0 Å². The summed E-state index contributed by atoms with van der Waals surface area (Å²) in [6.07, 6.45) is 5.63. The number of morpholine rings is 1. The number of rotatable bonds is 4. The first-order chi connectivity index (χ1) is 9.77. The Morgan fingerprint density at radius 1 is 1.43 bits per heavy atom. The van der Waals surface area contributed by atoms with Gasteiger partial charge in [-0.3, -0.25) is 9.45 Å². The molecule has 0 aromatic carbocycles. The quantitative estimate of drug-likeness (QED) is 0.610. The molecule has 1 N–H and O–H groups in total. The molecule has 0 saturated carbocycles. The normalized spacial score (nSPS) is 34.5. The van der Waals surface area contributed by atoms with Gasteiger partial charge in [-0.25, -0.2) is 0 Å². The molecule has 1 unspecified atom stereocenters. The molecule has 1 fully saturated rings. The summed E-state index contributed by atoms with van der Waals surface area (Å²) >= 11 is 0. The summed E-state index contributed by atoms with van der Waals surface area (Å²) in [5.41, 5.74) is -0.227. The van der Waals surface area contributed by atoms with Crippen molar-refractivity contribution in [2.75, 3.05) is 26.3 Å². The first-order valence-electron chi connectivity index (χ1n) is 6.89. The molecule has 0 radical (unpaired) electrons. The Morgan fingerprint density at radius 2 is 2.05 bits per heavy atom. The highest BCUT2D eigenvalue weighted by Crippen LogP contribution is 2.43. The van der Waals surface area contributed by atoms with Crippen molar-refractivity contribution in [1.82, 2.24) is 4.90 Å². The van der Waals surface area contributed by atoms with Gasteiger partial charge in [-0.1, -0.05) is 23.8 Å². The molecule has 2 aliphatic rings. The molecule has 118 valence electrons. The van der Waals surface area contributed by atoms with Crippen molar-refractivity contribution < 1.29 is 22.5 Å². The van der Waals surface area contributed by atoms with Crippen LogP contribution in [0.25, 0.3) is 0 Å². The van der Waals surface area contributed by atoms with Crippen LogP contribution >= 0.6 is 0 Å². The van der Waals surface area contributed by atoms with Gasteiger partial charge in [0, 0.05) is 19.5 Å². The minimum atomic E-state index is -4.40. The Kier molecular flexibility index (Phi) is 4.39. The second kappa shape index (κ2) is 5.64. The lowest BCUT2D eigenvalue weighted by atomic mass is 9.75. The molecule has 0 aromatic rings. The highest BCUT2D eigenvalue weighted by molar-refractivity contribution is 7.87. The third kappa shape index (κ3) is 2.59. The minimum absolute atomic E-state index is 0.00896.